The summed E-state index contributed by atoms with van der Waals surface area (Å²) in [4.78, 5) is 17.8. The first-order chi connectivity index (χ1) is 12.7. The number of benzene rings is 1. The normalized spacial score (nSPS) is 29.6. The summed E-state index contributed by atoms with van der Waals surface area (Å²) in [6, 6.07) is 6.47. The zero-order valence-electron chi connectivity index (χ0n) is 14.7. The number of carbonyl (C=O) groups is 1. The lowest BCUT2D eigenvalue weighted by Crippen LogP contribution is -2.49. The van der Waals surface area contributed by atoms with Crippen molar-refractivity contribution in [1.82, 2.24) is 10.2 Å². The van der Waals surface area contributed by atoms with Gasteiger partial charge in [-0.15, -0.1) is 0 Å². The van der Waals surface area contributed by atoms with Crippen LogP contribution in [0, 0.1) is 0 Å². The van der Waals surface area contributed by atoms with Crippen LogP contribution in [0.15, 0.2) is 23.9 Å². The molecule has 3 saturated heterocycles. The molecule has 4 aliphatic rings. The first kappa shape index (κ1) is 16.1. The Morgan fingerprint density at radius 2 is 2.08 bits per heavy atom. The molecule has 0 aliphatic carbocycles. The number of carbonyl (C=O) groups excluding carboxylic acids is 1. The smallest absolute Gasteiger partial charge is 0.261 e. The predicted molar refractivity (Wildman–Crippen MR) is 98.7 cm³/mol. The topological polar surface area (TPSA) is 80.1 Å². The molecule has 0 spiro atoms. The first-order valence-corrected chi connectivity index (χ1v) is 9.32. The highest BCUT2D eigenvalue weighted by Crippen LogP contribution is 2.42. The van der Waals surface area contributed by atoms with Crippen molar-refractivity contribution < 1.29 is 14.3 Å². The molecule has 7 nitrogen and oxygen atoms in total. The number of nitrogen functional groups attached to an aromatic ring is 1. The third-order valence-electron chi connectivity index (χ3n) is 5.81. The van der Waals surface area contributed by atoms with Gasteiger partial charge in [0.15, 0.2) is 0 Å². The zero-order valence-corrected chi connectivity index (χ0v) is 14.7. The quantitative estimate of drug-likeness (QED) is 0.591. The van der Waals surface area contributed by atoms with Gasteiger partial charge < -0.3 is 25.4 Å². The van der Waals surface area contributed by atoms with Crippen LogP contribution in [0.1, 0.15) is 12.0 Å². The largest absolute Gasteiger partial charge is 0.399 e. The molecule has 1 unspecified atom stereocenters. The summed E-state index contributed by atoms with van der Waals surface area (Å²) < 4.78 is 10.9. The van der Waals surface area contributed by atoms with Crippen LogP contribution in [0.5, 0.6) is 0 Å². The summed E-state index contributed by atoms with van der Waals surface area (Å²) in [5.41, 5.74) is 10.2. The minimum Gasteiger partial charge on any atom is -0.399 e. The van der Waals surface area contributed by atoms with Gasteiger partial charge in [0.25, 0.3) is 5.91 Å². The van der Waals surface area contributed by atoms with Crippen molar-refractivity contribution in [2.45, 2.75) is 18.5 Å². The molecule has 3 fully saturated rings. The number of nitrogens with zero attached hydrogens (tertiary/aromatic N) is 2. The first-order valence-electron chi connectivity index (χ1n) is 9.32. The van der Waals surface area contributed by atoms with Crippen LogP contribution in [-0.4, -0.2) is 69.0 Å². The van der Waals surface area contributed by atoms with Crippen LogP contribution in [0.4, 0.5) is 11.4 Å². The van der Waals surface area contributed by atoms with Gasteiger partial charge in [0, 0.05) is 30.9 Å². The number of hydrogen-bond donors (Lipinski definition) is 2. The van der Waals surface area contributed by atoms with E-state index in [4.69, 9.17) is 15.2 Å². The van der Waals surface area contributed by atoms with E-state index in [1.165, 1.54) is 0 Å². The lowest BCUT2D eigenvalue weighted by Gasteiger charge is -2.35. The Bertz CT molecular complexity index is 766. The van der Waals surface area contributed by atoms with E-state index in [9.17, 15) is 4.79 Å². The van der Waals surface area contributed by atoms with E-state index in [1.807, 2.05) is 23.1 Å². The average Bonchev–Trinajstić information content (AvgIpc) is 3.16. The molecule has 1 aromatic rings. The van der Waals surface area contributed by atoms with Crippen molar-refractivity contribution in [3.63, 3.8) is 0 Å². The molecule has 3 N–H and O–H groups in total. The Morgan fingerprint density at radius 3 is 2.81 bits per heavy atom. The fourth-order valence-corrected chi connectivity index (χ4v) is 4.37. The standard InChI is InChI=1S/C19H24N4O3/c20-12-1-2-17-15(7-12)18(16-11-25-6-4-21-16)19(24)23(17)13-3-5-22(8-13)14-9-26-10-14/h1-2,7,13-14,21H,3-6,8-11,20H2/b18-16-. The Hall–Kier alpha value is -2.09. The maximum absolute atomic E-state index is 13.4. The maximum Gasteiger partial charge on any atom is 0.261 e. The van der Waals surface area contributed by atoms with Gasteiger partial charge in [-0.25, -0.2) is 0 Å². The molecule has 138 valence electrons. The number of hydrogen-bond acceptors (Lipinski definition) is 6. The van der Waals surface area contributed by atoms with Gasteiger partial charge in [0.2, 0.25) is 0 Å². The van der Waals surface area contributed by atoms with E-state index in [1.54, 1.807) is 0 Å². The molecule has 4 aliphatic heterocycles. The minimum absolute atomic E-state index is 0.0651. The van der Waals surface area contributed by atoms with Crippen molar-refractivity contribution in [1.29, 1.82) is 0 Å². The molecule has 7 heteroatoms. The van der Waals surface area contributed by atoms with Crippen molar-refractivity contribution in [3.8, 4) is 0 Å². The van der Waals surface area contributed by atoms with Crippen LogP contribution < -0.4 is 16.0 Å². The van der Waals surface area contributed by atoms with Gasteiger partial charge in [-0.05, 0) is 24.6 Å². The summed E-state index contributed by atoms with van der Waals surface area (Å²) in [5.74, 6) is 0.0651. The summed E-state index contributed by atoms with van der Waals surface area (Å²) in [6.07, 6.45) is 0.985. The molecule has 1 atom stereocenters. The molecular formula is C19H24N4O3. The fourth-order valence-electron chi connectivity index (χ4n) is 4.37. The highest BCUT2D eigenvalue weighted by Gasteiger charge is 2.43. The summed E-state index contributed by atoms with van der Waals surface area (Å²) in [5, 5.41) is 3.35. The van der Waals surface area contributed by atoms with Crippen LogP contribution in [0.25, 0.3) is 5.57 Å². The molecular weight excluding hydrogens is 332 g/mol. The van der Waals surface area contributed by atoms with Gasteiger partial charge in [0.05, 0.1) is 55.5 Å². The Morgan fingerprint density at radius 1 is 1.19 bits per heavy atom. The van der Waals surface area contributed by atoms with Crippen LogP contribution >= 0.6 is 0 Å². The van der Waals surface area contributed by atoms with E-state index < -0.39 is 0 Å². The Labute approximate surface area is 152 Å². The van der Waals surface area contributed by atoms with E-state index in [2.05, 4.69) is 10.2 Å². The highest BCUT2D eigenvalue weighted by atomic mass is 16.5. The van der Waals surface area contributed by atoms with Gasteiger partial charge in [0.1, 0.15) is 0 Å². The van der Waals surface area contributed by atoms with Gasteiger partial charge >= 0.3 is 0 Å². The fraction of sp³-hybridized carbons (Fsp3) is 0.526. The van der Waals surface area contributed by atoms with Crippen LogP contribution in [-0.2, 0) is 14.3 Å². The molecule has 0 bridgehead atoms. The van der Waals surface area contributed by atoms with Gasteiger partial charge in [-0.2, -0.15) is 0 Å². The number of ether oxygens (including phenoxy) is 2. The number of nitrogens with one attached hydrogen (secondary N) is 1. The minimum atomic E-state index is 0.0651. The second-order valence-corrected chi connectivity index (χ2v) is 7.41. The molecule has 1 amide bonds. The zero-order chi connectivity index (χ0) is 17.7. The van der Waals surface area contributed by atoms with Gasteiger partial charge in [-0.3, -0.25) is 9.69 Å². The average molecular weight is 356 g/mol. The molecule has 5 rings (SSSR count). The van der Waals surface area contributed by atoms with E-state index in [0.29, 0.717) is 24.9 Å². The molecule has 26 heavy (non-hydrogen) atoms. The molecule has 4 heterocycles. The molecule has 0 radical (unpaired) electrons. The second kappa shape index (κ2) is 6.26. The summed E-state index contributed by atoms with van der Waals surface area (Å²) >= 11 is 0. The summed E-state index contributed by atoms with van der Waals surface area (Å²) in [6.45, 7) is 5.37. The van der Waals surface area contributed by atoms with Crippen LogP contribution in [0.3, 0.4) is 0 Å². The van der Waals surface area contributed by atoms with E-state index >= 15 is 0 Å². The number of fused-ring (bicyclic) bond motifs is 1. The highest BCUT2D eigenvalue weighted by molar-refractivity contribution is 6.33. The van der Waals surface area contributed by atoms with Gasteiger partial charge in [-0.1, -0.05) is 0 Å². The number of amides is 1. The molecule has 1 aromatic carbocycles. The number of morpholine rings is 1. The SMILES string of the molecule is Nc1ccc2c(c1)/C(=C1\COCCN1)C(=O)N2C1CCN(C2COC2)C1. The van der Waals surface area contributed by atoms with Crippen molar-refractivity contribution in [2.24, 2.45) is 0 Å². The number of likely N-dealkylation sites (tertiary alicyclic amines) is 1. The maximum atomic E-state index is 13.4. The number of nitrogens with two attached hydrogens (primary N) is 1. The monoisotopic (exact) mass is 356 g/mol. The van der Waals surface area contributed by atoms with Crippen molar-refractivity contribution in [3.05, 3.63) is 29.5 Å². The lowest BCUT2D eigenvalue weighted by atomic mass is 10.0. The summed E-state index contributed by atoms with van der Waals surface area (Å²) in [7, 11) is 0. The Kier molecular flexibility index (Phi) is 3.88. The molecule has 0 aromatic heterocycles. The number of rotatable bonds is 2. The second-order valence-electron chi connectivity index (χ2n) is 7.41. The van der Waals surface area contributed by atoms with E-state index in [0.717, 1.165) is 61.8 Å². The molecule has 0 saturated carbocycles. The van der Waals surface area contributed by atoms with Crippen molar-refractivity contribution >= 4 is 22.9 Å². The van der Waals surface area contributed by atoms with Crippen molar-refractivity contribution in [2.75, 3.05) is 56.7 Å². The third-order valence-corrected chi connectivity index (χ3v) is 5.81. The predicted octanol–water partition coefficient (Wildman–Crippen LogP) is 0.419. The number of anilines is 2. The van der Waals surface area contributed by atoms with Crippen LogP contribution in [0.2, 0.25) is 0 Å². The third kappa shape index (κ3) is 2.50. The Balaban J connectivity index is 1.50. The lowest BCUT2D eigenvalue weighted by molar-refractivity contribution is -0.113. The van der Waals surface area contributed by atoms with E-state index in [-0.39, 0.29) is 11.9 Å².